The number of rotatable bonds is 7. The molecule has 0 aliphatic rings. The number of nitrogens with zero attached hydrogens (tertiary/aromatic N) is 3. The Morgan fingerprint density at radius 3 is 1.29 bits per heavy atom. The molecule has 0 aromatic carbocycles. The van der Waals surface area contributed by atoms with E-state index in [0.717, 1.165) is 0 Å². The molecule has 0 saturated heterocycles. The van der Waals surface area contributed by atoms with E-state index in [-0.39, 0.29) is 0 Å². The van der Waals surface area contributed by atoms with E-state index < -0.39 is 21.7 Å². The van der Waals surface area contributed by atoms with E-state index in [2.05, 4.69) is 50.2 Å². The van der Waals surface area contributed by atoms with E-state index in [4.69, 9.17) is 0 Å². The molecule has 0 aromatic heterocycles. The van der Waals surface area contributed by atoms with Gasteiger partial charge in [-0.3, -0.25) is 0 Å². The van der Waals surface area contributed by atoms with Gasteiger partial charge in [0.05, 0.1) is 0 Å². The molecule has 0 bridgehead atoms. The van der Waals surface area contributed by atoms with Crippen LogP contribution in [-0.4, -0.2) is 88.8 Å². The number of hydrogen-bond acceptors (Lipinski definition) is 3. The summed E-state index contributed by atoms with van der Waals surface area (Å²) in [5.41, 5.74) is 0. The molecule has 0 aliphatic carbocycles. The summed E-state index contributed by atoms with van der Waals surface area (Å²) in [5, 5.41) is 0. The van der Waals surface area contributed by atoms with Gasteiger partial charge in [-0.25, -0.2) is 0 Å². The first-order valence-corrected chi connectivity index (χ1v) is 13.5. The van der Waals surface area contributed by atoms with Crippen molar-refractivity contribution < 1.29 is 0 Å². The monoisotopic (exact) mass is 303 g/mol. The minimum absolute atomic E-state index is 1.20. The fourth-order valence-corrected chi connectivity index (χ4v) is 4.89. The van der Waals surface area contributed by atoms with E-state index in [1.165, 1.54) is 26.2 Å². The van der Waals surface area contributed by atoms with Gasteiger partial charge >= 0.3 is 98.1 Å². The van der Waals surface area contributed by atoms with E-state index in [0.29, 0.717) is 0 Å². The van der Waals surface area contributed by atoms with Gasteiger partial charge in [-0.2, -0.15) is 0 Å². The van der Waals surface area contributed by atoms with Gasteiger partial charge in [0.15, 0.2) is 0 Å². The van der Waals surface area contributed by atoms with Gasteiger partial charge in [-0.1, -0.05) is 0 Å². The van der Waals surface area contributed by atoms with Crippen molar-refractivity contribution in [2.75, 3.05) is 54.4 Å². The topological polar surface area (TPSA) is 9.72 Å². The molecule has 4 heteroatoms. The van der Waals surface area contributed by atoms with Crippen molar-refractivity contribution in [1.29, 1.82) is 0 Å². The first kappa shape index (κ1) is 14.8. The molecule has 0 unspecified atom stereocenters. The summed E-state index contributed by atoms with van der Waals surface area (Å²) in [6, 6.07) is 0. The first-order chi connectivity index (χ1) is 6.43. The second-order valence-corrected chi connectivity index (χ2v) is 13.1. The first-order valence-electron chi connectivity index (χ1n) is 5.47. The zero-order valence-electron chi connectivity index (χ0n) is 10.7. The van der Waals surface area contributed by atoms with Crippen LogP contribution in [0.25, 0.3) is 0 Å². The standard InChI is InChI=1S/C8H20N3.2CH3.In/c1-10(2)7-5-9-6-8-11(3)4;;;/h5-8H2,1-4H3;2*1H3;/q-1;;;+1. The van der Waals surface area contributed by atoms with Gasteiger partial charge in [0, 0.05) is 0 Å². The van der Waals surface area contributed by atoms with Crippen LogP contribution in [0.4, 0.5) is 0 Å². The third-order valence-electron chi connectivity index (χ3n) is 2.40. The third kappa shape index (κ3) is 8.09. The van der Waals surface area contributed by atoms with Gasteiger partial charge in [-0.15, -0.1) is 0 Å². The summed E-state index contributed by atoms with van der Waals surface area (Å²) in [6.07, 6.45) is 0. The maximum atomic E-state index is 2.74. The van der Waals surface area contributed by atoms with E-state index in [9.17, 15) is 0 Å². The molecule has 14 heavy (non-hydrogen) atoms. The predicted octanol–water partition coefficient (Wildman–Crippen LogP) is 0.663. The zero-order chi connectivity index (χ0) is 11.1. The Hall–Kier alpha value is 0.750. The Morgan fingerprint density at radius 1 is 0.714 bits per heavy atom. The van der Waals surface area contributed by atoms with Crippen LogP contribution < -0.4 is 0 Å². The third-order valence-corrected chi connectivity index (χ3v) is 8.04. The van der Waals surface area contributed by atoms with Crippen molar-refractivity contribution >= 4 is 21.7 Å². The fourth-order valence-electron chi connectivity index (χ4n) is 1.29. The van der Waals surface area contributed by atoms with Crippen LogP contribution in [0.2, 0.25) is 9.36 Å². The normalized spacial score (nSPS) is 11.8. The Kier molecular flexibility index (Phi) is 8.39. The number of hydrogen-bond donors (Lipinski definition) is 0. The molecule has 0 amide bonds. The van der Waals surface area contributed by atoms with Crippen LogP contribution in [0.15, 0.2) is 0 Å². The summed E-state index contributed by atoms with van der Waals surface area (Å²) in [7, 11) is 8.61. The van der Waals surface area contributed by atoms with Gasteiger partial charge in [0.1, 0.15) is 0 Å². The van der Waals surface area contributed by atoms with Crippen molar-refractivity contribution in [2.24, 2.45) is 0 Å². The average molecular weight is 303 g/mol. The second kappa shape index (κ2) is 7.97. The summed E-state index contributed by atoms with van der Waals surface area (Å²) >= 11 is -1.27. The van der Waals surface area contributed by atoms with Crippen LogP contribution in [0.1, 0.15) is 0 Å². The maximum absolute atomic E-state index is 2.74. The Morgan fingerprint density at radius 2 is 1.07 bits per heavy atom. The van der Waals surface area contributed by atoms with Crippen LogP contribution in [0, 0.1) is 0 Å². The summed E-state index contributed by atoms with van der Waals surface area (Å²) in [4.78, 5) is 4.55. The van der Waals surface area contributed by atoms with E-state index in [1.54, 1.807) is 0 Å². The predicted molar refractivity (Wildman–Crippen MR) is 66.2 cm³/mol. The van der Waals surface area contributed by atoms with Crippen molar-refractivity contribution in [2.45, 2.75) is 9.36 Å². The van der Waals surface area contributed by atoms with Crippen LogP contribution >= 0.6 is 0 Å². The molecule has 0 fully saturated rings. The molecule has 0 spiro atoms. The molecule has 0 radical (unpaired) electrons. The molecule has 0 N–H and O–H groups in total. The summed E-state index contributed by atoms with van der Waals surface area (Å²) < 4.78 is 7.70. The van der Waals surface area contributed by atoms with Gasteiger partial charge in [0.2, 0.25) is 0 Å². The van der Waals surface area contributed by atoms with Crippen LogP contribution in [-0.2, 0) is 0 Å². The average Bonchev–Trinajstić information content (AvgIpc) is 2.02. The molecule has 0 atom stereocenters. The Balaban J connectivity index is 3.78. The molecule has 3 nitrogen and oxygen atoms in total. The van der Waals surface area contributed by atoms with Gasteiger partial charge in [-0.05, 0) is 0 Å². The van der Waals surface area contributed by atoms with Crippen molar-refractivity contribution in [3.8, 4) is 0 Å². The molecule has 0 saturated carbocycles. The van der Waals surface area contributed by atoms with Crippen molar-refractivity contribution in [1.82, 2.24) is 12.7 Å². The molecule has 0 heterocycles. The van der Waals surface area contributed by atoms with Crippen LogP contribution in [0.5, 0.6) is 0 Å². The Labute approximate surface area is 98.0 Å². The molecule has 84 valence electrons. The summed E-state index contributed by atoms with van der Waals surface area (Å²) in [6.45, 7) is 4.91. The fraction of sp³-hybridized carbons (Fsp3) is 1.00. The van der Waals surface area contributed by atoms with Gasteiger partial charge < -0.3 is 0 Å². The SMILES string of the molecule is CN(C)CC[N](CCN(C)C)[In]([CH3])[CH3]. The van der Waals surface area contributed by atoms with E-state index in [1.807, 2.05) is 0 Å². The molecular formula is C10H26InN3. The van der Waals surface area contributed by atoms with Crippen molar-refractivity contribution in [3.63, 3.8) is 0 Å². The quantitative estimate of drug-likeness (QED) is 0.684. The number of likely N-dealkylation sites (N-methyl/N-ethyl adjacent to an activating group) is 2. The second-order valence-electron chi connectivity index (χ2n) is 4.74. The van der Waals surface area contributed by atoms with Crippen molar-refractivity contribution in [3.05, 3.63) is 0 Å². The zero-order valence-corrected chi connectivity index (χ0v) is 14.0. The Bertz CT molecular complexity index is 125. The van der Waals surface area contributed by atoms with Crippen LogP contribution in [0.3, 0.4) is 0 Å². The molecule has 0 rings (SSSR count). The molecular weight excluding hydrogens is 277 g/mol. The van der Waals surface area contributed by atoms with E-state index >= 15 is 0 Å². The minimum atomic E-state index is -1.27. The van der Waals surface area contributed by atoms with Gasteiger partial charge in [0.25, 0.3) is 0 Å². The molecule has 0 aromatic rings. The summed E-state index contributed by atoms with van der Waals surface area (Å²) in [5.74, 6) is 0. The molecule has 0 aliphatic heterocycles.